The topological polar surface area (TPSA) is 43.8 Å². The van der Waals surface area contributed by atoms with Crippen LogP contribution in [0.3, 0.4) is 0 Å². The van der Waals surface area contributed by atoms with Crippen molar-refractivity contribution in [1.82, 2.24) is 9.55 Å². The van der Waals surface area contributed by atoms with Gasteiger partial charge in [0.1, 0.15) is 5.82 Å². The Morgan fingerprint density at radius 1 is 1.37 bits per heavy atom. The lowest BCUT2D eigenvalue weighted by atomic mass is 10.1. The predicted octanol–water partition coefficient (Wildman–Crippen LogP) is 2.73. The molecule has 2 rings (SSSR count). The molecule has 0 aliphatic carbocycles. The molecule has 1 heterocycles. The Labute approximate surface area is 109 Å². The monoisotopic (exact) mass is 271 g/mol. The van der Waals surface area contributed by atoms with Crippen molar-refractivity contribution in [2.75, 3.05) is 6.54 Å². The zero-order chi connectivity index (χ0) is 14.2. The first-order valence-electron chi connectivity index (χ1n) is 6.05. The van der Waals surface area contributed by atoms with Gasteiger partial charge in [0.25, 0.3) is 0 Å². The zero-order valence-corrected chi connectivity index (χ0v) is 10.8. The molecule has 104 valence electrons. The molecule has 19 heavy (non-hydrogen) atoms. The van der Waals surface area contributed by atoms with Gasteiger partial charge in [-0.3, -0.25) is 0 Å². The number of alkyl halides is 3. The van der Waals surface area contributed by atoms with Gasteiger partial charge >= 0.3 is 6.18 Å². The van der Waals surface area contributed by atoms with E-state index in [1.54, 1.807) is 7.05 Å². The van der Waals surface area contributed by atoms with Gasteiger partial charge in [-0.25, -0.2) is 4.98 Å². The van der Waals surface area contributed by atoms with Gasteiger partial charge in [-0.05, 0) is 30.7 Å². The first kappa shape index (κ1) is 13.9. The van der Waals surface area contributed by atoms with Crippen LogP contribution in [0.1, 0.15) is 18.3 Å². The fourth-order valence-corrected chi connectivity index (χ4v) is 2.00. The van der Waals surface area contributed by atoms with E-state index >= 15 is 0 Å². The standard InChI is InChI=1S/C13H16F3N3/c1-8(7-17)5-12-18-10-6-9(13(14,15)16)3-4-11(10)19(12)2/h3-4,6,8H,5,7,17H2,1-2H3. The number of hydrogen-bond donors (Lipinski definition) is 1. The van der Waals surface area contributed by atoms with E-state index in [4.69, 9.17) is 5.73 Å². The minimum absolute atomic E-state index is 0.248. The van der Waals surface area contributed by atoms with E-state index in [2.05, 4.69) is 4.98 Å². The second-order valence-corrected chi connectivity index (χ2v) is 4.83. The van der Waals surface area contributed by atoms with Crippen LogP contribution in [0.4, 0.5) is 13.2 Å². The van der Waals surface area contributed by atoms with E-state index in [1.165, 1.54) is 6.07 Å². The smallest absolute Gasteiger partial charge is 0.331 e. The van der Waals surface area contributed by atoms with Gasteiger partial charge in [-0.2, -0.15) is 13.2 Å². The van der Waals surface area contributed by atoms with Crippen LogP contribution >= 0.6 is 0 Å². The molecule has 0 spiro atoms. The van der Waals surface area contributed by atoms with Gasteiger partial charge in [-0.15, -0.1) is 0 Å². The molecule has 3 nitrogen and oxygen atoms in total. The fraction of sp³-hybridized carbons (Fsp3) is 0.462. The number of hydrogen-bond acceptors (Lipinski definition) is 2. The van der Waals surface area contributed by atoms with Gasteiger partial charge < -0.3 is 10.3 Å². The van der Waals surface area contributed by atoms with Crippen LogP contribution in [0, 0.1) is 5.92 Å². The lowest BCUT2D eigenvalue weighted by molar-refractivity contribution is -0.137. The third-order valence-electron chi connectivity index (χ3n) is 3.23. The summed E-state index contributed by atoms with van der Waals surface area (Å²) in [7, 11) is 1.81. The van der Waals surface area contributed by atoms with E-state index in [0.717, 1.165) is 18.0 Å². The van der Waals surface area contributed by atoms with E-state index in [1.807, 2.05) is 11.5 Å². The van der Waals surface area contributed by atoms with E-state index in [9.17, 15) is 13.2 Å². The highest BCUT2D eigenvalue weighted by Crippen LogP contribution is 2.31. The zero-order valence-electron chi connectivity index (χ0n) is 10.8. The Morgan fingerprint density at radius 3 is 2.63 bits per heavy atom. The Bertz CT molecular complexity index is 587. The highest BCUT2D eigenvalue weighted by molar-refractivity contribution is 5.77. The second kappa shape index (κ2) is 4.85. The first-order chi connectivity index (χ1) is 8.82. The predicted molar refractivity (Wildman–Crippen MR) is 67.6 cm³/mol. The van der Waals surface area contributed by atoms with Crippen molar-refractivity contribution in [2.24, 2.45) is 18.7 Å². The number of fused-ring (bicyclic) bond motifs is 1. The Hall–Kier alpha value is -1.56. The molecule has 0 aliphatic rings. The Balaban J connectivity index is 2.45. The molecule has 0 amide bonds. The van der Waals surface area contributed by atoms with Crippen LogP contribution in [0.15, 0.2) is 18.2 Å². The van der Waals surface area contributed by atoms with Crippen LogP contribution in [0.2, 0.25) is 0 Å². The molecule has 1 aromatic heterocycles. The average Bonchev–Trinajstić information content (AvgIpc) is 2.64. The van der Waals surface area contributed by atoms with Crippen LogP contribution in [0.5, 0.6) is 0 Å². The average molecular weight is 271 g/mol. The highest BCUT2D eigenvalue weighted by atomic mass is 19.4. The molecule has 1 unspecified atom stereocenters. The summed E-state index contributed by atoms with van der Waals surface area (Å²) >= 11 is 0. The molecular formula is C13H16F3N3. The third kappa shape index (κ3) is 2.73. The summed E-state index contributed by atoms with van der Waals surface area (Å²) in [5.74, 6) is 1.00. The SMILES string of the molecule is CC(CN)Cc1nc2cc(C(F)(F)F)ccc2n1C. The van der Waals surface area contributed by atoms with E-state index in [0.29, 0.717) is 24.0 Å². The summed E-state index contributed by atoms with van der Waals surface area (Å²) in [5, 5.41) is 0. The number of aromatic nitrogens is 2. The summed E-state index contributed by atoms with van der Waals surface area (Å²) in [5.41, 5.74) is 5.96. The van der Waals surface area contributed by atoms with Crippen molar-refractivity contribution in [1.29, 1.82) is 0 Å². The Morgan fingerprint density at radius 2 is 2.05 bits per heavy atom. The number of benzene rings is 1. The van der Waals surface area contributed by atoms with E-state index < -0.39 is 11.7 Å². The molecule has 0 aliphatic heterocycles. The number of aryl methyl sites for hydroxylation is 1. The molecule has 1 aromatic carbocycles. The van der Waals surface area contributed by atoms with Crippen molar-refractivity contribution in [3.05, 3.63) is 29.6 Å². The summed E-state index contributed by atoms with van der Waals surface area (Å²) in [6, 6.07) is 3.63. The molecule has 0 bridgehead atoms. The van der Waals surface area contributed by atoms with Crippen molar-refractivity contribution in [3.8, 4) is 0 Å². The fourth-order valence-electron chi connectivity index (χ4n) is 2.00. The summed E-state index contributed by atoms with van der Waals surface area (Å²) < 4.78 is 39.7. The number of rotatable bonds is 3. The maximum absolute atomic E-state index is 12.6. The molecule has 0 saturated heterocycles. The van der Waals surface area contributed by atoms with Crippen molar-refractivity contribution in [3.63, 3.8) is 0 Å². The van der Waals surface area contributed by atoms with Crippen molar-refractivity contribution < 1.29 is 13.2 Å². The molecule has 0 saturated carbocycles. The highest BCUT2D eigenvalue weighted by Gasteiger charge is 2.31. The molecular weight excluding hydrogens is 255 g/mol. The largest absolute Gasteiger partial charge is 0.416 e. The van der Waals surface area contributed by atoms with E-state index in [-0.39, 0.29) is 5.92 Å². The summed E-state index contributed by atoms with van der Waals surface area (Å²) in [4.78, 5) is 4.28. The molecule has 1 atom stereocenters. The normalized spacial score (nSPS) is 14.0. The maximum Gasteiger partial charge on any atom is 0.416 e. The quantitative estimate of drug-likeness (QED) is 0.932. The van der Waals surface area contributed by atoms with Crippen molar-refractivity contribution >= 4 is 11.0 Å². The number of nitrogens with two attached hydrogens (primary N) is 1. The summed E-state index contributed by atoms with van der Waals surface area (Å²) in [6.07, 6.45) is -3.68. The number of halogens is 3. The molecule has 0 radical (unpaired) electrons. The number of nitrogens with zero attached hydrogens (tertiary/aromatic N) is 2. The van der Waals surface area contributed by atoms with Gasteiger partial charge in [0, 0.05) is 13.5 Å². The maximum atomic E-state index is 12.6. The molecule has 6 heteroatoms. The molecule has 2 aromatic rings. The minimum Gasteiger partial charge on any atom is -0.331 e. The Kier molecular flexibility index (Phi) is 3.54. The van der Waals surface area contributed by atoms with Gasteiger partial charge in [-0.1, -0.05) is 6.92 Å². The molecule has 0 fully saturated rings. The summed E-state index contributed by atoms with van der Waals surface area (Å²) in [6.45, 7) is 2.51. The van der Waals surface area contributed by atoms with Crippen molar-refractivity contribution in [2.45, 2.75) is 19.5 Å². The second-order valence-electron chi connectivity index (χ2n) is 4.83. The van der Waals surface area contributed by atoms with Crippen LogP contribution in [-0.2, 0) is 19.6 Å². The van der Waals surface area contributed by atoms with Gasteiger partial charge in [0.2, 0.25) is 0 Å². The third-order valence-corrected chi connectivity index (χ3v) is 3.23. The van der Waals surface area contributed by atoms with Crippen LogP contribution < -0.4 is 5.73 Å². The van der Waals surface area contributed by atoms with Crippen LogP contribution in [0.25, 0.3) is 11.0 Å². The molecule has 2 N–H and O–H groups in total. The number of imidazole rings is 1. The first-order valence-corrected chi connectivity index (χ1v) is 6.05. The minimum atomic E-state index is -4.34. The van der Waals surface area contributed by atoms with Gasteiger partial charge in [0.15, 0.2) is 0 Å². The van der Waals surface area contributed by atoms with Gasteiger partial charge in [0.05, 0.1) is 16.6 Å². The van der Waals surface area contributed by atoms with Crippen LogP contribution in [-0.4, -0.2) is 16.1 Å². The lowest BCUT2D eigenvalue weighted by Gasteiger charge is -2.08. The lowest BCUT2D eigenvalue weighted by Crippen LogP contribution is -2.15.